The Hall–Kier alpha value is -1.65. The molecule has 1 saturated carbocycles. The number of aliphatic carboxylic acids is 1. The van der Waals surface area contributed by atoms with Crippen LogP contribution in [0.5, 0.6) is 5.75 Å². The SMILES string of the molecule is COc1cc(C2(C(=O)O)CC2)cc(F)c1F. The Balaban J connectivity index is 2.51. The molecule has 0 atom stereocenters. The maximum atomic E-state index is 13.2. The van der Waals surface area contributed by atoms with Crippen LogP contribution in [0.3, 0.4) is 0 Å². The van der Waals surface area contributed by atoms with Crippen LogP contribution in [0.2, 0.25) is 0 Å². The van der Waals surface area contributed by atoms with E-state index in [4.69, 9.17) is 5.11 Å². The number of rotatable bonds is 3. The highest BCUT2D eigenvalue weighted by atomic mass is 19.2. The highest BCUT2D eigenvalue weighted by molar-refractivity contribution is 5.85. The third kappa shape index (κ3) is 1.43. The Morgan fingerprint density at radius 3 is 2.50 bits per heavy atom. The van der Waals surface area contributed by atoms with E-state index in [2.05, 4.69) is 4.74 Å². The van der Waals surface area contributed by atoms with Crippen molar-refractivity contribution >= 4 is 5.97 Å². The first-order valence-corrected chi connectivity index (χ1v) is 4.78. The van der Waals surface area contributed by atoms with E-state index in [-0.39, 0.29) is 11.3 Å². The maximum absolute atomic E-state index is 13.2. The molecule has 0 saturated heterocycles. The summed E-state index contributed by atoms with van der Waals surface area (Å²) in [6, 6.07) is 2.18. The van der Waals surface area contributed by atoms with Gasteiger partial charge in [0.2, 0.25) is 5.82 Å². The molecule has 1 aromatic carbocycles. The minimum absolute atomic E-state index is 0.260. The average Bonchev–Trinajstić information content (AvgIpc) is 3.02. The van der Waals surface area contributed by atoms with Gasteiger partial charge in [0.1, 0.15) is 0 Å². The van der Waals surface area contributed by atoms with Crippen LogP contribution in [0.15, 0.2) is 12.1 Å². The van der Waals surface area contributed by atoms with Gasteiger partial charge in [-0.3, -0.25) is 4.79 Å². The third-order valence-electron chi connectivity index (χ3n) is 2.93. The van der Waals surface area contributed by atoms with E-state index in [0.29, 0.717) is 12.8 Å². The van der Waals surface area contributed by atoms with Gasteiger partial charge in [0.15, 0.2) is 11.6 Å². The first-order valence-electron chi connectivity index (χ1n) is 4.78. The van der Waals surface area contributed by atoms with Crippen LogP contribution in [-0.2, 0) is 10.2 Å². The number of benzene rings is 1. The molecule has 1 aromatic rings. The Morgan fingerprint density at radius 2 is 2.06 bits per heavy atom. The quantitative estimate of drug-likeness (QED) is 0.861. The van der Waals surface area contributed by atoms with Crippen molar-refractivity contribution in [2.75, 3.05) is 7.11 Å². The van der Waals surface area contributed by atoms with Crippen LogP contribution in [0.1, 0.15) is 18.4 Å². The monoisotopic (exact) mass is 228 g/mol. The Labute approximate surface area is 90.7 Å². The maximum Gasteiger partial charge on any atom is 0.314 e. The standard InChI is InChI=1S/C11H10F2O3/c1-16-8-5-6(4-7(12)9(8)13)11(2-3-11)10(14)15/h4-5H,2-3H2,1H3,(H,14,15). The number of carboxylic acids is 1. The Kier molecular flexibility index (Phi) is 2.33. The molecule has 2 rings (SSSR count). The van der Waals surface area contributed by atoms with Gasteiger partial charge in [0, 0.05) is 0 Å². The fourth-order valence-corrected chi connectivity index (χ4v) is 1.74. The smallest absolute Gasteiger partial charge is 0.314 e. The van der Waals surface area contributed by atoms with Gasteiger partial charge in [0.05, 0.1) is 12.5 Å². The molecule has 0 aliphatic heterocycles. The molecule has 1 N–H and O–H groups in total. The van der Waals surface area contributed by atoms with Gasteiger partial charge in [-0.05, 0) is 30.5 Å². The lowest BCUT2D eigenvalue weighted by Gasteiger charge is -2.12. The number of ether oxygens (including phenoxy) is 1. The predicted octanol–water partition coefficient (Wildman–Crippen LogP) is 2.09. The van der Waals surface area contributed by atoms with E-state index in [1.54, 1.807) is 0 Å². The van der Waals surface area contributed by atoms with Gasteiger partial charge >= 0.3 is 5.97 Å². The molecule has 0 aromatic heterocycles. The van der Waals surface area contributed by atoms with Crippen molar-refractivity contribution in [3.05, 3.63) is 29.3 Å². The second-order valence-electron chi connectivity index (χ2n) is 3.86. The highest BCUT2D eigenvalue weighted by Gasteiger charge is 2.52. The number of halogens is 2. The molecule has 3 nitrogen and oxygen atoms in total. The molecule has 1 aliphatic carbocycles. The van der Waals surface area contributed by atoms with Crippen molar-refractivity contribution in [1.29, 1.82) is 0 Å². The highest BCUT2D eigenvalue weighted by Crippen LogP contribution is 2.49. The first kappa shape index (κ1) is 10.9. The van der Waals surface area contributed by atoms with Crippen LogP contribution in [0, 0.1) is 11.6 Å². The number of carbonyl (C=O) groups is 1. The van der Waals surface area contributed by atoms with Gasteiger partial charge in [-0.2, -0.15) is 4.39 Å². The lowest BCUT2D eigenvalue weighted by molar-refractivity contribution is -0.140. The van der Waals surface area contributed by atoms with Crippen molar-refractivity contribution in [3.8, 4) is 5.75 Å². The van der Waals surface area contributed by atoms with Crippen molar-refractivity contribution < 1.29 is 23.4 Å². The average molecular weight is 228 g/mol. The molecular weight excluding hydrogens is 218 g/mol. The molecule has 16 heavy (non-hydrogen) atoms. The van der Waals surface area contributed by atoms with E-state index in [1.165, 1.54) is 13.2 Å². The van der Waals surface area contributed by atoms with Crippen LogP contribution in [0.4, 0.5) is 8.78 Å². The number of methoxy groups -OCH3 is 1. The summed E-state index contributed by atoms with van der Waals surface area (Å²) in [5.74, 6) is -3.45. The second kappa shape index (κ2) is 3.43. The Bertz CT molecular complexity index is 453. The zero-order chi connectivity index (χ0) is 11.9. The number of hydrogen-bond donors (Lipinski definition) is 1. The summed E-state index contributed by atoms with van der Waals surface area (Å²) in [6.45, 7) is 0. The summed E-state index contributed by atoms with van der Waals surface area (Å²) >= 11 is 0. The zero-order valence-corrected chi connectivity index (χ0v) is 8.59. The van der Waals surface area contributed by atoms with Crippen LogP contribution in [-0.4, -0.2) is 18.2 Å². The van der Waals surface area contributed by atoms with Gasteiger partial charge < -0.3 is 9.84 Å². The minimum atomic E-state index is -1.09. The first-order chi connectivity index (χ1) is 7.51. The second-order valence-corrected chi connectivity index (χ2v) is 3.86. The third-order valence-corrected chi connectivity index (χ3v) is 2.93. The van der Waals surface area contributed by atoms with Gasteiger partial charge in [0.25, 0.3) is 0 Å². The molecule has 0 heterocycles. The molecule has 1 aliphatic rings. The fraction of sp³-hybridized carbons (Fsp3) is 0.364. The fourth-order valence-electron chi connectivity index (χ4n) is 1.74. The number of hydrogen-bond acceptors (Lipinski definition) is 2. The Morgan fingerprint density at radius 1 is 1.44 bits per heavy atom. The van der Waals surface area contributed by atoms with E-state index in [1.807, 2.05) is 0 Å². The summed E-state index contributed by atoms with van der Waals surface area (Å²) in [4.78, 5) is 11.0. The van der Waals surface area contributed by atoms with Crippen molar-refractivity contribution in [2.24, 2.45) is 0 Å². The van der Waals surface area contributed by atoms with Crippen molar-refractivity contribution in [3.63, 3.8) is 0 Å². The van der Waals surface area contributed by atoms with E-state index >= 15 is 0 Å². The minimum Gasteiger partial charge on any atom is -0.494 e. The topological polar surface area (TPSA) is 46.5 Å². The van der Waals surface area contributed by atoms with E-state index in [0.717, 1.165) is 6.07 Å². The summed E-state index contributed by atoms with van der Waals surface area (Å²) in [7, 11) is 1.21. The lowest BCUT2D eigenvalue weighted by atomic mass is 9.96. The summed E-state index contributed by atoms with van der Waals surface area (Å²) < 4.78 is 31.0. The van der Waals surface area contributed by atoms with Gasteiger partial charge in [-0.25, -0.2) is 4.39 Å². The predicted molar refractivity (Wildman–Crippen MR) is 51.5 cm³/mol. The molecular formula is C11H10F2O3. The van der Waals surface area contributed by atoms with E-state index < -0.39 is 23.0 Å². The normalized spacial score (nSPS) is 16.9. The largest absolute Gasteiger partial charge is 0.494 e. The molecule has 0 amide bonds. The van der Waals surface area contributed by atoms with Crippen molar-refractivity contribution in [1.82, 2.24) is 0 Å². The van der Waals surface area contributed by atoms with Crippen LogP contribution >= 0.6 is 0 Å². The van der Waals surface area contributed by atoms with E-state index in [9.17, 15) is 13.6 Å². The molecule has 5 heteroatoms. The molecule has 86 valence electrons. The molecule has 1 fully saturated rings. The molecule has 0 spiro atoms. The molecule has 0 unspecified atom stereocenters. The summed E-state index contributed by atoms with van der Waals surface area (Å²) in [6.07, 6.45) is 0.882. The lowest BCUT2D eigenvalue weighted by Crippen LogP contribution is -2.20. The number of carboxylic acid groups (broad SMARTS) is 1. The summed E-state index contributed by atoms with van der Waals surface area (Å²) in [5.41, 5.74) is -0.794. The molecule has 0 radical (unpaired) electrons. The van der Waals surface area contributed by atoms with Gasteiger partial charge in [-0.15, -0.1) is 0 Å². The molecule has 0 bridgehead atoms. The van der Waals surface area contributed by atoms with Crippen LogP contribution in [0.25, 0.3) is 0 Å². The zero-order valence-electron chi connectivity index (χ0n) is 8.59. The van der Waals surface area contributed by atoms with Crippen LogP contribution < -0.4 is 4.74 Å². The summed E-state index contributed by atoms with van der Waals surface area (Å²) in [5, 5.41) is 9.02. The van der Waals surface area contributed by atoms with Gasteiger partial charge in [-0.1, -0.05) is 0 Å². The van der Waals surface area contributed by atoms with Crippen molar-refractivity contribution in [2.45, 2.75) is 18.3 Å².